The summed E-state index contributed by atoms with van der Waals surface area (Å²) in [6.07, 6.45) is 3.29. The van der Waals surface area contributed by atoms with Crippen LogP contribution in [-0.4, -0.2) is 10.9 Å². The van der Waals surface area contributed by atoms with Crippen molar-refractivity contribution in [2.24, 2.45) is 0 Å². The summed E-state index contributed by atoms with van der Waals surface area (Å²) in [7, 11) is 0. The predicted molar refractivity (Wildman–Crippen MR) is 107 cm³/mol. The number of hydrogen-bond acceptors (Lipinski definition) is 3. The molecule has 4 heteroatoms. The van der Waals surface area contributed by atoms with Gasteiger partial charge in [0.2, 0.25) is 0 Å². The minimum atomic E-state index is -0.174. The second-order valence-electron chi connectivity index (χ2n) is 6.74. The van der Waals surface area contributed by atoms with Crippen LogP contribution in [0.5, 0.6) is 0 Å². The Bertz CT molecular complexity index is 943. The minimum Gasteiger partial charge on any atom is -0.354 e. The van der Waals surface area contributed by atoms with Gasteiger partial charge in [-0.25, -0.2) is 0 Å². The van der Waals surface area contributed by atoms with Crippen LogP contribution in [0.2, 0.25) is 0 Å². The number of rotatable bonds is 4. The standard InChI is InChI=1S/C22H23N3O/c1-14-5-6-17(4)21(10-14)24-20-11-18(12-23-13-20)22(26)25-19-8-15(2)7-16(3)9-19/h5-13,24H,1-4H3,(H,25,26). The van der Waals surface area contributed by atoms with Crippen molar-refractivity contribution >= 4 is 23.0 Å². The van der Waals surface area contributed by atoms with Gasteiger partial charge in [0.15, 0.2) is 0 Å². The number of anilines is 3. The van der Waals surface area contributed by atoms with Gasteiger partial charge in [0.1, 0.15) is 0 Å². The fourth-order valence-electron chi connectivity index (χ4n) is 2.91. The van der Waals surface area contributed by atoms with Crippen LogP contribution >= 0.6 is 0 Å². The van der Waals surface area contributed by atoms with Gasteiger partial charge in [0.25, 0.3) is 5.91 Å². The van der Waals surface area contributed by atoms with Crippen LogP contribution in [0.4, 0.5) is 17.1 Å². The van der Waals surface area contributed by atoms with Gasteiger partial charge in [0, 0.05) is 17.6 Å². The van der Waals surface area contributed by atoms with Gasteiger partial charge in [-0.15, -0.1) is 0 Å². The number of nitrogens with zero attached hydrogens (tertiary/aromatic N) is 1. The van der Waals surface area contributed by atoms with E-state index in [-0.39, 0.29) is 5.91 Å². The fourth-order valence-corrected chi connectivity index (χ4v) is 2.91. The second-order valence-corrected chi connectivity index (χ2v) is 6.74. The first-order chi connectivity index (χ1) is 12.4. The third-order valence-corrected chi connectivity index (χ3v) is 4.15. The molecule has 3 rings (SSSR count). The Balaban J connectivity index is 1.80. The van der Waals surface area contributed by atoms with Crippen molar-refractivity contribution < 1.29 is 4.79 Å². The van der Waals surface area contributed by atoms with Crippen molar-refractivity contribution in [3.63, 3.8) is 0 Å². The molecule has 2 N–H and O–H groups in total. The van der Waals surface area contributed by atoms with Gasteiger partial charge in [-0.1, -0.05) is 18.2 Å². The monoisotopic (exact) mass is 345 g/mol. The zero-order valence-electron chi connectivity index (χ0n) is 15.6. The number of nitrogens with one attached hydrogen (secondary N) is 2. The number of carbonyl (C=O) groups is 1. The molecule has 26 heavy (non-hydrogen) atoms. The molecule has 0 fully saturated rings. The minimum absolute atomic E-state index is 0.174. The molecule has 0 unspecified atom stereocenters. The fraction of sp³-hybridized carbons (Fsp3) is 0.182. The lowest BCUT2D eigenvalue weighted by Crippen LogP contribution is -2.12. The van der Waals surface area contributed by atoms with Crippen LogP contribution in [0.1, 0.15) is 32.6 Å². The first kappa shape index (κ1) is 17.7. The number of pyridine rings is 1. The average molecular weight is 345 g/mol. The van der Waals surface area contributed by atoms with Crippen molar-refractivity contribution in [2.75, 3.05) is 10.6 Å². The van der Waals surface area contributed by atoms with E-state index in [9.17, 15) is 4.79 Å². The molecule has 132 valence electrons. The lowest BCUT2D eigenvalue weighted by molar-refractivity contribution is 0.102. The number of aryl methyl sites for hydroxylation is 4. The average Bonchev–Trinajstić information content (AvgIpc) is 2.57. The van der Waals surface area contributed by atoms with Gasteiger partial charge in [-0.3, -0.25) is 9.78 Å². The predicted octanol–water partition coefficient (Wildman–Crippen LogP) is 5.31. The zero-order chi connectivity index (χ0) is 18.7. The van der Waals surface area contributed by atoms with Gasteiger partial charge in [-0.05, 0) is 74.2 Å². The van der Waals surface area contributed by atoms with E-state index in [4.69, 9.17) is 0 Å². The molecule has 1 heterocycles. The quantitative estimate of drug-likeness (QED) is 0.673. The third kappa shape index (κ3) is 4.28. The van der Waals surface area contributed by atoms with E-state index in [0.29, 0.717) is 5.56 Å². The summed E-state index contributed by atoms with van der Waals surface area (Å²) in [5.74, 6) is -0.174. The molecule has 0 aliphatic carbocycles. The molecular formula is C22H23N3O. The van der Waals surface area contributed by atoms with Crippen molar-refractivity contribution in [3.8, 4) is 0 Å². The molecule has 4 nitrogen and oxygen atoms in total. The third-order valence-electron chi connectivity index (χ3n) is 4.15. The summed E-state index contributed by atoms with van der Waals surface area (Å²) in [5.41, 5.74) is 7.65. The molecule has 1 amide bonds. The Morgan fingerprint density at radius 1 is 0.808 bits per heavy atom. The Morgan fingerprint density at radius 3 is 2.27 bits per heavy atom. The van der Waals surface area contributed by atoms with Gasteiger partial charge >= 0.3 is 0 Å². The topological polar surface area (TPSA) is 54.0 Å². The highest BCUT2D eigenvalue weighted by Gasteiger charge is 2.09. The molecule has 0 spiro atoms. The maximum absolute atomic E-state index is 12.6. The van der Waals surface area contributed by atoms with Gasteiger partial charge in [0.05, 0.1) is 17.4 Å². The molecule has 0 bridgehead atoms. The van der Waals surface area contributed by atoms with Gasteiger partial charge in [-0.2, -0.15) is 0 Å². The second kappa shape index (κ2) is 7.40. The summed E-state index contributed by atoms with van der Waals surface area (Å²) in [5, 5.41) is 6.29. The summed E-state index contributed by atoms with van der Waals surface area (Å²) in [4.78, 5) is 16.8. The Morgan fingerprint density at radius 2 is 1.54 bits per heavy atom. The van der Waals surface area contributed by atoms with Crippen molar-refractivity contribution in [1.82, 2.24) is 4.98 Å². The molecule has 0 aliphatic rings. The van der Waals surface area contributed by atoms with Crippen molar-refractivity contribution in [2.45, 2.75) is 27.7 Å². The smallest absolute Gasteiger partial charge is 0.257 e. The number of amides is 1. The summed E-state index contributed by atoms with van der Waals surface area (Å²) < 4.78 is 0. The normalized spacial score (nSPS) is 10.5. The molecule has 1 aromatic heterocycles. The highest BCUT2D eigenvalue weighted by Crippen LogP contribution is 2.22. The molecule has 2 aromatic carbocycles. The van der Waals surface area contributed by atoms with Crippen LogP contribution in [-0.2, 0) is 0 Å². The number of carbonyl (C=O) groups excluding carboxylic acids is 1. The van der Waals surface area contributed by atoms with Crippen LogP contribution in [0.25, 0.3) is 0 Å². The van der Waals surface area contributed by atoms with Gasteiger partial charge < -0.3 is 10.6 Å². The molecule has 0 saturated heterocycles. The van der Waals surface area contributed by atoms with E-state index in [1.165, 1.54) is 5.56 Å². The van der Waals surface area contributed by atoms with Crippen molar-refractivity contribution in [3.05, 3.63) is 82.7 Å². The molecule has 0 atom stereocenters. The lowest BCUT2D eigenvalue weighted by Gasteiger charge is -2.12. The number of hydrogen-bond donors (Lipinski definition) is 2. The van der Waals surface area contributed by atoms with E-state index in [1.807, 2.05) is 39.0 Å². The first-order valence-corrected chi connectivity index (χ1v) is 8.60. The van der Waals surface area contributed by atoms with Crippen LogP contribution in [0.3, 0.4) is 0 Å². The summed E-state index contributed by atoms with van der Waals surface area (Å²) >= 11 is 0. The van der Waals surface area contributed by atoms with Crippen LogP contribution in [0.15, 0.2) is 54.9 Å². The van der Waals surface area contributed by atoms with E-state index in [2.05, 4.69) is 46.8 Å². The molecule has 0 radical (unpaired) electrons. The molecule has 0 aliphatic heterocycles. The summed E-state index contributed by atoms with van der Waals surface area (Å²) in [6.45, 7) is 8.13. The number of aromatic nitrogens is 1. The molecular weight excluding hydrogens is 322 g/mol. The van der Waals surface area contributed by atoms with E-state index in [0.717, 1.165) is 33.8 Å². The highest BCUT2D eigenvalue weighted by molar-refractivity contribution is 6.04. The Kier molecular flexibility index (Phi) is 5.03. The van der Waals surface area contributed by atoms with E-state index in [1.54, 1.807) is 12.4 Å². The molecule has 0 saturated carbocycles. The largest absolute Gasteiger partial charge is 0.354 e. The van der Waals surface area contributed by atoms with Crippen LogP contribution in [0, 0.1) is 27.7 Å². The summed E-state index contributed by atoms with van der Waals surface area (Å²) in [6, 6.07) is 14.0. The lowest BCUT2D eigenvalue weighted by atomic mass is 10.1. The van der Waals surface area contributed by atoms with Crippen LogP contribution < -0.4 is 10.6 Å². The van der Waals surface area contributed by atoms with E-state index >= 15 is 0 Å². The Hall–Kier alpha value is -3.14. The molecule has 3 aromatic rings. The SMILES string of the molecule is Cc1cc(C)cc(NC(=O)c2cncc(Nc3cc(C)ccc3C)c2)c1. The van der Waals surface area contributed by atoms with E-state index < -0.39 is 0 Å². The maximum Gasteiger partial charge on any atom is 0.257 e. The maximum atomic E-state index is 12.6. The zero-order valence-corrected chi connectivity index (χ0v) is 15.6. The van der Waals surface area contributed by atoms with Crippen molar-refractivity contribution in [1.29, 1.82) is 0 Å². The Labute approximate surface area is 154 Å². The highest BCUT2D eigenvalue weighted by atomic mass is 16.1. The first-order valence-electron chi connectivity index (χ1n) is 8.60. The number of benzene rings is 2.